The van der Waals surface area contributed by atoms with Crippen LogP contribution >= 0.6 is 0 Å². The van der Waals surface area contributed by atoms with E-state index >= 15 is 0 Å². The molecule has 2 rings (SSSR count). The second-order valence-electron chi connectivity index (χ2n) is 6.29. The number of rotatable bonds is 7. The van der Waals surface area contributed by atoms with Gasteiger partial charge in [-0.05, 0) is 12.1 Å². The van der Waals surface area contributed by atoms with E-state index < -0.39 is 8.07 Å². The van der Waals surface area contributed by atoms with Crippen molar-refractivity contribution in [3.05, 3.63) is 18.0 Å². The van der Waals surface area contributed by atoms with E-state index in [1.807, 2.05) is 0 Å². The van der Waals surface area contributed by atoms with E-state index in [0.717, 1.165) is 23.7 Å². The Hall–Kier alpha value is -1.44. The van der Waals surface area contributed by atoms with Gasteiger partial charge in [-0.15, -0.1) is 0 Å². The van der Waals surface area contributed by atoms with Crippen LogP contribution in [0.1, 0.15) is 5.69 Å². The van der Waals surface area contributed by atoms with E-state index in [1.54, 1.807) is 17.9 Å². The first kappa shape index (κ1) is 15.9. The highest BCUT2D eigenvalue weighted by molar-refractivity contribution is 6.76. The average molecular weight is 309 g/mol. The van der Waals surface area contributed by atoms with Crippen molar-refractivity contribution in [1.82, 2.24) is 14.8 Å². The van der Waals surface area contributed by atoms with E-state index in [0.29, 0.717) is 19.0 Å². The van der Waals surface area contributed by atoms with Crippen molar-refractivity contribution in [2.75, 3.05) is 13.7 Å². The number of ether oxygens (including phenoxy) is 2. The van der Waals surface area contributed by atoms with Gasteiger partial charge in [-0.25, -0.2) is 9.67 Å². The number of fused-ring (bicyclic) bond motifs is 1. The molecule has 0 amide bonds. The molecule has 0 radical (unpaired) electrons. The molecule has 0 aliphatic heterocycles. The molecule has 21 heavy (non-hydrogen) atoms. The summed E-state index contributed by atoms with van der Waals surface area (Å²) in [6.07, 6.45) is 1.42. The van der Waals surface area contributed by atoms with Crippen molar-refractivity contribution in [1.29, 1.82) is 0 Å². The molecule has 2 heterocycles. The molecular formula is C14H23N3O3Si. The molecule has 0 spiro atoms. The largest absolute Gasteiger partial charge is 0.506 e. The minimum absolute atomic E-state index is 0.124. The van der Waals surface area contributed by atoms with Gasteiger partial charge in [-0.1, -0.05) is 19.6 Å². The lowest BCUT2D eigenvalue weighted by Gasteiger charge is -2.15. The summed E-state index contributed by atoms with van der Waals surface area (Å²) in [5, 5.41) is 14.8. The Morgan fingerprint density at radius 1 is 1.33 bits per heavy atom. The highest BCUT2D eigenvalue weighted by atomic mass is 28.3. The molecule has 6 nitrogen and oxygen atoms in total. The topological polar surface area (TPSA) is 69.4 Å². The monoisotopic (exact) mass is 309 g/mol. The Morgan fingerprint density at radius 2 is 2.10 bits per heavy atom. The molecule has 0 atom stereocenters. The fourth-order valence-electron chi connectivity index (χ4n) is 1.97. The molecule has 2 aromatic heterocycles. The quantitative estimate of drug-likeness (QED) is 0.629. The summed E-state index contributed by atoms with van der Waals surface area (Å²) in [5.41, 5.74) is 1.46. The lowest BCUT2D eigenvalue weighted by Crippen LogP contribution is -2.22. The highest BCUT2D eigenvalue weighted by Gasteiger charge is 2.14. The second-order valence-corrected chi connectivity index (χ2v) is 11.9. The molecule has 0 aliphatic carbocycles. The van der Waals surface area contributed by atoms with Crippen LogP contribution in [-0.2, 0) is 22.8 Å². The minimum Gasteiger partial charge on any atom is -0.506 e. The summed E-state index contributed by atoms with van der Waals surface area (Å²) < 4.78 is 12.6. The van der Waals surface area contributed by atoms with Crippen LogP contribution in [0.5, 0.6) is 5.75 Å². The molecule has 116 valence electrons. The Morgan fingerprint density at radius 3 is 2.76 bits per heavy atom. The van der Waals surface area contributed by atoms with Crippen molar-refractivity contribution in [2.45, 2.75) is 39.0 Å². The molecule has 0 fully saturated rings. The molecule has 0 unspecified atom stereocenters. The zero-order chi connectivity index (χ0) is 15.5. The zero-order valence-electron chi connectivity index (χ0n) is 13.1. The maximum atomic E-state index is 9.57. The predicted octanol–water partition coefficient (Wildman–Crippen LogP) is 2.60. The van der Waals surface area contributed by atoms with Gasteiger partial charge in [0, 0.05) is 27.2 Å². The van der Waals surface area contributed by atoms with E-state index in [2.05, 4.69) is 29.7 Å². The molecule has 0 aromatic carbocycles. The van der Waals surface area contributed by atoms with Gasteiger partial charge in [-0.3, -0.25) is 0 Å². The van der Waals surface area contributed by atoms with Crippen molar-refractivity contribution in [3.8, 4) is 5.75 Å². The smallest absolute Gasteiger partial charge is 0.160 e. The van der Waals surface area contributed by atoms with Gasteiger partial charge in [0.1, 0.15) is 12.5 Å². The lowest BCUT2D eigenvalue weighted by molar-refractivity contribution is 0.0800. The van der Waals surface area contributed by atoms with Gasteiger partial charge in [0.05, 0.1) is 18.5 Å². The van der Waals surface area contributed by atoms with E-state index in [9.17, 15) is 5.11 Å². The van der Waals surface area contributed by atoms with Crippen LogP contribution in [0.3, 0.4) is 0 Å². The first-order chi connectivity index (χ1) is 9.90. The van der Waals surface area contributed by atoms with Crippen LogP contribution in [-0.4, -0.2) is 41.7 Å². The third kappa shape index (κ3) is 4.26. The highest BCUT2D eigenvalue weighted by Crippen LogP contribution is 2.21. The average Bonchev–Trinajstić information content (AvgIpc) is 2.72. The van der Waals surface area contributed by atoms with Gasteiger partial charge in [0.25, 0.3) is 0 Å². The van der Waals surface area contributed by atoms with Crippen LogP contribution < -0.4 is 0 Å². The van der Waals surface area contributed by atoms with Crippen molar-refractivity contribution < 1.29 is 14.6 Å². The van der Waals surface area contributed by atoms with Crippen LogP contribution in [0.15, 0.2) is 12.3 Å². The SMILES string of the molecule is COCc1nn(COCC[Si](C)(C)C)c2ncc(O)cc12. The molecule has 2 aromatic rings. The number of aromatic nitrogens is 3. The molecule has 7 heteroatoms. The molecular weight excluding hydrogens is 286 g/mol. The van der Waals surface area contributed by atoms with Crippen molar-refractivity contribution in [2.24, 2.45) is 0 Å². The first-order valence-corrected chi connectivity index (χ1v) is 10.7. The summed E-state index contributed by atoms with van der Waals surface area (Å²) in [6, 6.07) is 2.77. The fourth-order valence-corrected chi connectivity index (χ4v) is 2.73. The molecule has 1 N–H and O–H groups in total. The molecule has 0 saturated heterocycles. The number of aromatic hydroxyl groups is 1. The predicted molar refractivity (Wildman–Crippen MR) is 84.0 cm³/mol. The van der Waals surface area contributed by atoms with Gasteiger partial charge < -0.3 is 14.6 Å². The normalized spacial score (nSPS) is 12.2. The van der Waals surface area contributed by atoms with Crippen molar-refractivity contribution >= 4 is 19.1 Å². The fraction of sp³-hybridized carbons (Fsp3) is 0.571. The summed E-state index contributed by atoms with van der Waals surface area (Å²) in [6.45, 7) is 8.43. The number of methoxy groups -OCH3 is 1. The molecule has 0 saturated carbocycles. The Kier molecular flexibility index (Phi) is 4.97. The van der Waals surface area contributed by atoms with Gasteiger partial charge in [0.15, 0.2) is 5.65 Å². The Labute approximate surface area is 125 Å². The van der Waals surface area contributed by atoms with Crippen LogP contribution in [0.25, 0.3) is 11.0 Å². The van der Waals surface area contributed by atoms with Crippen molar-refractivity contribution in [3.63, 3.8) is 0 Å². The lowest BCUT2D eigenvalue weighted by atomic mass is 10.2. The van der Waals surface area contributed by atoms with Crippen LogP contribution in [0.4, 0.5) is 0 Å². The summed E-state index contributed by atoms with van der Waals surface area (Å²) >= 11 is 0. The minimum atomic E-state index is -1.09. The zero-order valence-corrected chi connectivity index (χ0v) is 14.1. The van der Waals surface area contributed by atoms with Gasteiger partial charge in [-0.2, -0.15) is 5.10 Å². The maximum Gasteiger partial charge on any atom is 0.160 e. The maximum absolute atomic E-state index is 9.57. The van der Waals surface area contributed by atoms with E-state index in [-0.39, 0.29) is 5.75 Å². The van der Waals surface area contributed by atoms with E-state index in [4.69, 9.17) is 9.47 Å². The summed E-state index contributed by atoms with van der Waals surface area (Å²) in [4.78, 5) is 4.23. The Bertz CT molecular complexity index is 607. The number of pyridine rings is 1. The number of hydrogen-bond acceptors (Lipinski definition) is 5. The standard InChI is InChI=1S/C14H23N3O3Si/c1-19-9-13-12-7-11(18)8-15-14(12)17(16-13)10-20-5-6-21(2,3)4/h7-8,18H,5-6,9-10H2,1-4H3. The molecule has 0 bridgehead atoms. The molecule has 0 aliphatic rings. The van der Waals surface area contributed by atoms with Gasteiger partial charge in [0.2, 0.25) is 0 Å². The van der Waals surface area contributed by atoms with E-state index in [1.165, 1.54) is 6.20 Å². The first-order valence-electron chi connectivity index (χ1n) is 7.02. The summed E-state index contributed by atoms with van der Waals surface area (Å²) in [7, 11) is 0.529. The Balaban J connectivity index is 2.12. The number of nitrogens with zero attached hydrogens (tertiary/aromatic N) is 3. The third-order valence-corrected chi connectivity index (χ3v) is 4.84. The summed E-state index contributed by atoms with van der Waals surface area (Å²) in [5.74, 6) is 0.124. The van der Waals surface area contributed by atoms with Crippen LogP contribution in [0, 0.1) is 0 Å². The van der Waals surface area contributed by atoms with Crippen LogP contribution in [0.2, 0.25) is 25.7 Å². The second kappa shape index (κ2) is 6.55. The number of hydrogen-bond donors (Lipinski definition) is 1. The third-order valence-electron chi connectivity index (χ3n) is 3.14. The van der Waals surface area contributed by atoms with Gasteiger partial charge >= 0.3 is 0 Å².